The highest BCUT2D eigenvalue weighted by Gasteiger charge is 2.22. The fraction of sp³-hybridized carbons (Fsp3) is 0.312. The number of benzene rings is 1. The van der Waals surface area contributed by atoms with Gasteiger partial charge in [-0.25, -0.2) is 13.2 Å². The number of rotatable bonds is 8. The molecule has 0 bridgehead atoms. The van der Waals surface area contributed by atoms with Crippen molar-refractivity contribution in [1.29, 1.82) is 0 Å². The summed E-state index contributed by atoms with van der Waals surface area (Å²) in [7, 11) is 0. The number of hydrogen-bond donors (Lipinski definition) is 2. The maximum atomic E-state index is 13.2. The molecule has 0 aliphatic rings. The lowest BCUT2D eigenvalue weighted by molar-refractivity contribution is -0.125. The van der Waals surface area contributed by atoms with Crippen LogP contribution in [0.1, 0.15) is 24.4 Å². The quantitative estimate of drug-likeness (QED) is 0.572. The molecule has 1 aromatic rings. The van der Waals surface area contributed by atoms with Gasteiger partial charge in [0, 0.05) is 5.92 Å². The number of aliphatic hydroxyl groups excluding tert-OH is 1. The number of amides is 1. The molecule has 0 radical (unpaired) electrons. The van der Waals surface area contributed by atoms with E-state index in [1.165, 1.54) is 0 Å². The van der Waals surface area contributed by atoms with E-state index in [0.717, 1.165) is 12.1 Å². The molecule has 2 N–H and O–H groups in total. The van der Waals surface area contributed by atoms with Crippen LogP contribution in [0.15, 0.2) is 37.4 Å². The third kappa shape index (κ3) is 4.46. The fourth-order valence-corrected chi connectivity index (χ4v) is 2.01. The maximum absolute atomic E-state index is 13.2. The van der Waals surface area contributed by atoms with E-state index in [4.69, 9.17) is 0 Å². The highest BCUT2D eigenvalue weighted by atomic mass is 19.2. The van der Waals surface area contributed by atoms with E-state index in [2.05, 4.69) is 18.5 Å². The first-order valence-corrected chi connectivity index (χ1v) is 6.72. The number of carbonyl (C=O) groups is 1. The van der Waals surface area contributed by atoms with Crippen molar-refractivity contribution in [3.05, 3.63) is 60.5 Å². The van der Waals surface area contributed by atoms with Gasteiger partial charge in [0.15, 0.2) is 17.5 Å². The molecular weight excluding hydrogens is 295 g/mol. The number of allylic oxidation sites excluding steroid dienone is 2. The topological polar surface area (TPSA) is 49.3 Å². The Kier molecular flexibility index (Phi) is 6.85. The minimum atomic E-state index is -1.59. The Morgan fingerprint density at radius 3 is 2.09 bits per heavy atom. The van der Waals surface area contributed by atoms with Crippen molar-refractivity contribution in [1.82, 2.24) is 5.32 Å². The predicted octanol–water partition coefficient (Wildman–Crippen LogP) is 3.02. The van der Waals surface area contributed by atoms with Gasteiger partial charge in [-0.15, -0.1) is 13.2 Å². The number of nitrogens with one attached hydrogen (secondary N) is 1. The lowest BCUT2D eigenvalue weighted by Crippen LogP contribution is -2.35. The molecule has 0 fully saturated rings. The Bertz CT molecular complexity index is 527. The summed E-state index contributed by atoms with van der Waals surface area (Å²) in [6.07, 6.45) is 3.92. The van der Waals surface area contributed by atoms with E-state index in [0.29, 0.717) is 12.8 Å². The first-order valence-electron chi connectivity index (χ1n) is 6.72. The molecule has 1 atom stereocenters. The molecule has 0 spiro atoms. The van der Waals surface area contributed by atoms with Crippen LogP contribution in [0.3, 0.4) is 0 Å². The number of halogens is 3. The van der Waals surface area contributed by atoms with Crippen molar-refractivity contribution in [2.75, 3.05) is 6.61 Å². The lowest BCUT2D eigenvalue weighted by atomic mass is 9.99. The molecule has 1 amide bonds. The summed E-state index contributed by atoms with van der Waals surface area (Å²) < 4.78 is 39.4. The van der Waals surface area contributed by atoms with Crippen molar-refractivity contribution in [2.24, 2.45) is 5.92 Å². The Hall–Kier alpha value is -2.08. The molecule has 3 nitrogen and oxygen atoms in total. The zero-order valence-electron chi connectivity index (χ0n) is 12.0. The van der Waals surface area contributed by atoms with Crippen molar-refractivity contribution < 1.29 is 23.1 Å². The highest BCUT2D eigenvalue weighted by Crippen LogP contribution is 2.20. The second-order valence-corrected chi connectivity index (χ2v) is 4.79. The first kappa shape index (κ1) is 18.0. The molecule has 22 heavy (non-hydrogen) atoms. The smallest absolute Gasteiger partial charge is 0.224 e. The minimum absolute atomic E-state index is 0.0526. The van der Waals surface area contributed by atoms with Crippen molar-refractivity contribution in [3.8, 4) is 0 Å². The zero-order chi connectivity index (χ0) is 16.7. The molecule has 0 aliphatic carbocycles. The molecular formula is C16H18F3NO2. The second kappa shape index (κ2) is 8.38. The number of carbonyl (C=O) groups excluding carboxylic acids is 1. The average Bonchev–Trinajstić information content (AvgIpc) is 2.49. The van der Waals surface area contributed by atoms with Crippen LogP contribution >= 0.6 is 0 Å². The first-order chi connectivity index (χ1) is 10.4. The largest absolute Gasteiger partial charge is 0.394 e. The van der Waals surface area contributed by atoms with E-state index < -0.39 is 41.9 Å². The normalized spacial score (nSPS) is 12.0. The Balaban J connectivity index is 2.94. The van der Waals surface area contributed by atoms with Crippen LogP contribution in [0.5, 0.6) is 0 Å². The van der Waals surface area contributed by atoms with Crippen LogP contribution in [0.4, 0.5) is 13.2 Å². The summed E-state index contributed by atoms with van der Waals surface area (Å²) in [5.41, 5.74) is -0.0526. The van der Waals surface area contributed by atoms with Crippen molar-refractivity contribution in [3.63, 3.8) is 0 Å². The van der Waals surface area contributed by atoms with Gasteiger partial charge < -0.3 is 10.4 Å². The van der Waals surface area contributed by atoms with Crippen LogP contribution in [0, 0.1) is 23.4 Å². The SMILES string of the molecule is C=CCC(CC=C)C(=O)NC(CO)c1cc(F)c(F)c(F)c1. The predicted molar refractivity (Wildman–Crippen MR) is 77.4 cm³/mol. The van der Waals surface area contributed by atoms with Crippen molar-refractivity contribution in [2.45, 2.75) is 18.9 Å². The van der Waals surface area contributed by atoms with E-state index in [-0.39, 0.29) is 5.56 Å². The molecule has 1 rings (SSSR count). The molecule has 0 aromatic heterocycles. The van der Waals surface area contributed by atoms with E-state index in [9.17, 15) is 23.1 Å². The van der Waals surface area contributed by atoms with Gasteiger partial charge in [0.2, 0.25) is 5.91 Å². The van der Waals surface area contributed by atoms with Gasteiger partial charge in [-0.05, 0) is 30.5 Å². The molecule has 0 saturated heterocycles. The van der Waals surface area contributed by atoms with Gasteiger partial charge in [-0.3, -0.25) is 4.79 Å². The van der Waals surface area contributed by atoms with Crippen LogP contribution in [-0.4, -0.2) is 17.6 Å². The van der Waals surface area contributed by atoms with Crippen LogP contribution in [0.2, 0.25) is 0 Å². The van der Waals surface area contributed by atoms with Gasteiger partial charge in [0.25, 0.3) is 0 Å². The maximum Gasteiger partial charge on any atom is 0.224 e. The molecule has 0 saturated carbocycles. The molecule has 0 aliphatic heterocycles. The van der Waals surface area contributed by atoms with E-state index in [1.807, 2.05) is 0 Å². The van der Waals surface area contributed by atoms with E-state index >= 15 is 0 Å². The minimum Gasteiger partial charge on any atom is -0.394 e. The molecule has 120 valence electrons. The van der Waals surface area contributed by atoms with Crippen LogP contribution in [0.25, 0.3) is 0 Å². The van der Waals surface area contributed by atoms with Crippen LogP contribution < -0.4 is 5.32 Å². The van der Waals surface area contributed by atoms with Gasteiger partial charge in [-0.1, -0.05) is 12.2 Å². The summed E-state index contributed by atoms with van der Waals surface area (Å²) in [4.78, 5) is 12.1. The van der Waals surface area contributed by atoms with Crippen molar-refractivity contribution >= 4 is 5.91 Å². The van der Waals surface area contributed by atoms with Gasteiger partial charge >= 0.3 is 0 Å². The number of hydrogen-bond acceptors (Lipinski definition) is 2. The Morgan fingerprint density at radius 2 is 1.68 bits per heavy atom. The Morgan fingerprint density at radius 1 is 1.18 bits per heavy atom. The summed E-state index contributed by atoms with van der Waals surface area (Å²) in [6, 6.07) is 0.458. The standard InChI is InChI=1S/C16H18F3NO2/c1-3-5-10(6-4-2)16(22)20-14(9-21)11-7-12(17)15(19)13(18)8-11/h3-4,7-8,10,14,21H,1-2,5-6,9H2,(H,20,22). The molecule has 6 heteroatoms. The van der Waals surface area contributed by atoms with E-state index in [1.54, 1.807) is 12.2 Å². The monoisotopic (exact) mass is 313 g/mol. The summed E-state index contributed by atoms with van der Waals surface area (Å²) in [6.45, 7) is 6.52. The molecule has 1 aromatic carbocycles. The molecule has 1 unspecified atom stereocenters. The third-order valence-electron chi connectivity index (χ3n) is 3.18. The fourth-order valence-electron chi connectivity index (χ4n) is 2.01. The summed E-state index contributed by atoms with van der Waals surface area (Å²) >= 11 is 0. The van der Waals surface area contributed by atoms with Crippen LogP contribution in [-0.2, 0) is 4.79 Å². The summed E-state index contributed by atoms with van der Waals surface area (Å²) in [5.74, 6) is -5.21. The average molecular weight is 313 g/mol. The Labute approximate surface area is 127 Å². The zero-order valence-corrected chi connectivity index (χ0v) is 12.0. The lowest BCUT2D eigenvalue weighted by Gasteiger charge is -2.20. The third-order valence-corrected chi connectivity index (χ3v) is 3.18. The second-order valence-electron chi connectivity index (χ2n) is 4.79. The molecule has 0 heterocycles. The van der Waals surface area contributed by atoms with Gasteiger partial charge in [0.1, 0.15) is 0 Å². The highest BCUT2D eigenvalue weighted by molar-refractivity contribution is 5.79. The summed E-state index contributed by atoms with van der Waals surface area (Å²) in [5, 5.41) is 11.8. The van der Waals surface area contributed by atoms with Gasteiger partial charge in [-0.2, -0.15) is 0 Å². The van der Waals surface area contributed by atoms with Gasteiger partial charge in [0.05, 0.1) is 12.6 Å². The number of aliphatic hydroxyl groups is 1.